The van der Waals surface area contributed by atoms with Gasteiger partial charge in [-0.05, 0) is 26.0 Å². The summed E-state index contributed by atoms with van der Waals surface area (Å²) < 4.78 is 13.4. The molecule has 0 aliphatic heterocycles. The fraction of sp³-hybridized carbons (Fsp3) is 0.462. The SMILES string of the molecule is CCN(CC)C(=O)CNCc1c(F)cccc1Cl. The Bertz CT molecular complexity index is 388. The van der Waals surface area contributed by atoms with Crippen LogP contribution >= 0.6 is 11.6 Å². The molecule has 1 aromatic carbocycles. The number of halogens is 2. The van der Waals surface area contributed by atoms with Crippen LogP contribution in [0.1, 0.15) is 19.4 Å². The lowest BCUT2D eigenvalue weighted by Crippen LogP contribution is -2.37. The van der Waals surface area contributed by atoms with Gasteiger partial charge < -0.3 is 10.2 Å². The summed E-state index contributed by atoms with van der Waals surface area (Å²) in [4.78, 5) is 13.4. The van der Waals surface area contributed by atoms with Crippen molar-refractivity contribution in [2.24, 2.45) is 0 Å². The van der Waals surface area contributed by atoms with Crippen LogP contribution in [0.2, 0.25) is 5.02 Å². The van der Waals surface area contributed by atoms with Gasteiger partial charge in [-0.15, -0.1) is 0 Å². The number of carbonyl (C=O) groups is 1. The molecule has 100 valence electrons. The van der Waals surface area contributed by atoms with Crippen LogP contribution < -0.4 is 5.32 Å². The van der Waals surface area contributed by atoms with E-state index in [2.05, 4.69) is 5.32 Å². The minimum atomic E-state index is -0.356. The molecule has 0 unspecified atom stereocenters. The summed E-state index contributed by atoms with van der Waals surface area (Å²) in [6.45, 7) is 5.64. The van der Waals surface area contributed by atoms with E-state index in [-0.39, 0.29) is 24.8 Å². The van der Waals surface area contributed by atoms with Crippen molar-refractivity contribution in [3.8, 4) is 0 Å². The molecule has 3 nitrogen and oxygen atoms in total. The van der Waals surface area contributed by atoms with Gasteiger partial charge in [-0.3, -0.25) is 4.79 Å². The third-order valence-corrected chi connectivity index (χ3v) is 3.11. The molecule has 0 fully saturated rings. The number of benzene rings is 1. The molecular weight excluding hydrogens is 255 g/mol. The summed E-state index contributed by atoms with van der Waals surface area (Å²) >= 11 is 5.89. The second kappa shape index (κ2) is 7.34. The molecule has 0 aliphatic rings. The Balaban J connectivity index is 2.49. The van der Waals surface area contributed by atoms with E-state index in [1.165, 1.54) is 6.07 Å². The zero-order valence-corrected chi connectivity index (χ0v) is 11.4. The third kappa shape index (κ3) is 3.96. The number of carbonyl (C=O) groups excluding carboxylic acids is 1. The Morgan fingerprint density at radius 2 is 2.06 bits per heavy atom. The van der Waals surface area contributed by atoms with E-state index in [9.17, 15) is 9.18 Å². The summed E-state index contributed by atoms with van der Waals surface area (Å²) in [7, 11) is 0. The van der Waals surface area contributed by atoms with E-state index in [4.69, 9.17) is 11.6 Å². The summed E-state index contributed by atoms with van der Waals surface area (Å²) in [5, 5.41) is 3.29. The van der Waals surface area contributed by atoms with Gasteiger partial charge in [0.25, 0.3) is 0 Å². The zero-order valence-electron chi connectivity index (χ0n) is 10.7. The summed E-state index contributed by atoms with van der Waals surface area (Å²) in [6, 6.07) is 4.55. The molecule has 1 aromatic rings. The second-order valence-corrected chi connectivity index (χ2v) is 4.28. The largest absolute Gasteiger partial charge is 0.342 e. The van der Waals surface area contributed by atoms with Gasteiger partial charge in [-0.1, -0.05) is 17.7 Å². The highest BCUT2D eigenvalue weighted by Gasteiger charge is 2.10. The minimum Gasteiger partial charge on any atom is -0.342 e. The first kappa shape index (κ1) is 14.9. The van der Waals surface area contributed by atoms with Crippen LogP contribution in [-0.4, -0.2) is 30.4 Å². The van der Waals surface area contributed by atoms with Gasteiger partial charge in [0.1, 0.15) is 5.82 Å². The highest BCUT2D eigenvalue weighted by atomic mass is 35.5. The topological polar surface area (TPSA) is 32.3 Å². The van der Waals surface area contributed by atoms with Crippen LogP contribution in [0.3, 0.4) is 0 Å². The van der Waals surface area contributed by atoms with Crippen LogP contribution in [0.4, 0.5) is 4.39 Å². The zero-order chi connectivity index (χ0) is 13.5. The van der Waals surface area contributed by atoms with Crippen LogP contribution in [0.25, 0.3) is 0 Å². The smallest absolute Gasteiger partial charge is 0.236 e. The van der Waals surface area contributed by atoms with Crippen LogP contribution in [-0.2, 0) is 11.3 Å². The van der Waals surface area contributed by atoms with E-state index in [0.717, 1.165) is 0 Å². The van der Waals surface area contributed by atoms with Crippen molar-refractivity contribution in [3.63, 3.8) is 0 Å². The molecule has 0 radical (unpaired) electrons. The average Bonchev–Trinajstić information content (AvgIpc) is 2.34. The number of nitrogens with zero attached hydrogens (tertiary/aromatic N) is 1. The quantitative estimate of drug-likeness (QED) is 0.863. The normalized spacial score (nSPS) is 10.4. The molecule has 0 heterocycles. The highest BCUT2D eigenvalue weighted by molar-refractivity contribution is 6.31. The first-order valence-electron chi connectivity index (χ1n) is 6.01. The first-order chi connectivity index (χ1) is 8.60. The molecule has 1 amide bonds. The van der Waals surface area contributed by atoms with Crippen LogP contribution in [0.15, 0.2) is 18.2 Å². The van der Waals surface area contributed by atoms with Gasteiger partial charge in [-0.2, -0.15) is 0 Å². The number of amides is 1. The molecule has 0 aliphatic carbocycles. The number of rotatable bonds is 6. The van der Waals surface area contributed by atoms with Crippen molar-refractivity contribution >= 4 is 17.5 Å². The summed E-state index contributed by atoms with van der Waals surface area (Å²) in [5.41, 5.74) is 0.395. The Labute approximate surface area is 112 Å². The standard InChI is InChI=1S/C13H18ClFN2O/c1-3-17(4-2)13(18)9-16-8-10-11(14)6-5-7-12(10)15/h5-7,16H,3-4,8-9H2,1-2H3. The first-order valence-corrected chi connectivity index (χ1v) is 6.39. The third-order valence-electron chi connectivity index (χ3n) is 2.76. The summed E-state index contributed by atoms with van der Waals surface area (Å²) in [5.74, 6) is -0.349. The molecular formula is C13H18ClFN2O. The van der Waals surface area contributed by atoms with E-state index in [0.29, 0.717) is 23.7 Å². The Morgan fingerprint density at radius 1 is 1.39 bits per heavy atom. The van der Waals surface area contributed by atoms with E-state index >= 15 is 0 Å². The monoisotopic (exact) mass is 272 g/mol. The van der Waals surface area contributed by atoms with E-state index < -0.39 is 0 Å². The molecule has 0 saturated carbocycles. The molecule has 18 heavy (non-hydrogen) atoms. The molecule has 0 bridgehead atoms. The predicted molar refractivity (Wildman–Crippen MR) is 71.0 cm³/mol. The van der Waals surface area contributed by atoms with Crippen molar-refractivity contribution in [3.05, 3.63) is 34.6 Å². The lowest BCUT2D eigenvalue weighted by molar-refractivity contribution is -0.129. The van der Waals surface area contributed by atoms with Crippen molar-refractivity contribution < 1.29 is 9.18 Å². The Kier molecular flexibility index (Phi) is 6.09. The molecule has 0 saturated heterocycles. The molecule has 0 atom stereocenters. The highest BCUT2D eigenvalue weighted by Crippen LogP contribution is 2.18. The predicted octanol–water partition coefficient (Wildman–Crippen LogP) is 2.44. The molecule has 0 spiro atoms. The van der Waals surface area contributed by atoms with Crippen molar-refractivity contribution in [2.75, 3.05) is 19.6 Å². The van der Waals surface area contributed by atoms with Crippen molar-refractivity contribution in [1.82, 2.24) is 10.2 Å². The van der Waals surface area contributed by atoms with Crippen LogP contribution in [0, 0.1) is 5.82 Å². The minimum absolute atomic E-state index is 0.00691. The Morgan fingerprint density at radius 3 is 2.61 bits per heavy atom. The van der Waals surface area contributed by atoms with Gasteiger partial charge in [0.2, 0.25) is 5.91 Å². The lowest BCUT2D eigenvalue weighted by atomic mass is 10.2. The Hall–Kier alpha value is -1.13. The fourth-order valence-corrected chi connectivity index (χ4v) is 1.91. The molecule has 1 N–H and O–H groups in total. The second-order valence-electron chi connectivity index (χ2n) is 3.87. The number of nitrogens with one attached hydrogen (secondary N) is 1. The van der Waals surface area contributed by atoms with Crippen LogP contribution in [0.5, 0.6) is 0 Å². The number of hydrogen-bond acceptors (Lipinski definition) is 2. The van der Waals surface area contributed by atoms with Crippen molar-refractivity contribution in [1.29, 1.82) is 0 Å². The average molecular weight is 273 g/mol. The maximum absolute atomic E-state index is 13.4. The van der Waals surface area contributed by atoms with Gasteiger partial charge in [-0.25, -0.2) is 4.39 Å². The fourth-order valence-electron chi connectivity index (χ4n) is 1.68. The molecule has 1 rings (SSSR count). The summed E-state index contributed by atoms with van der Waals surface area (Å²) in [6.07, 6.45) is 0. The van der Waals surface area contributed by atoms with Crippen molar-refractivity contribution in [2.45, 2.75) is 20.4 Å². The molecule has 5 heteroatoms. The number of likely N-dealkylation sites (N-methyl/N-ethyl adjacent to an activating group) is 1. The van der Waals surface area contributed by atoms with Gasteiger partial charge in [0.05, 0.1) is 6.54 Å². The van der Waals surface area contributed by atoms with Gasteiger partial charge >= 0.3 is 0 Å². The maximum atomic E-state index is 13.4. The number of hydrogen-bond donors (Lipinski definition) is 1. The maximum Gasteiger partial charge on any atom is 0.236 e. The van der Waals surface area contributed by atoms with E-state index in [1.807, 2.05) is 13.8 Å². The molecule has 0 aromatic heterocycles. The van der Waals surface area contributed by atoms with Gasteiger partial charge in [0.15, 0.2) is 0 Å². The van der Waals surface area contributed by atoms with E-state index in [1.54, 1.807) is 17.0 Å². The lowest BCUT2D eigenvalue weighted by Gasteiger charge is -2.18. The van der Waals surface area contributed by atoms with Gasteiger partial charge in [0, 0.05) is 30.2 Å².